The molecule has 1 aliphatic heterocycles. The first-order valence-corrected chi connectivity index (χ1v) is 5.45. The van der Waals surface area contributed by atoms with E-state index < -0.39 is 4.92 Å². The first kappa shape index (κ1) is 11.8. The van der Waals surface area contributed by atoms with E-state index in [2.05, 4.69) is 5.32 Å². The second-order valence-corrected chi connectivity index (χ2v) is 3.76. The lowest BCUT2D eigenvalue weighted by Gasteiger charge is -2.23. The third-order valence-electron chi connectivity index (χ3n) is 2.49. The topological polar surface area (TPSA) is 73.6 Å². The smallest absolute Gasteiger partial charge is 0.269 e. The van der Waals surface area contributed by atoms with Crippen LogP contribution in [0.2, 0.25) is 0 Å². The highest BCUT2D eigenvalue weighted by Crippen LogP contribution is 2.17. The Balaban J connectivity index is 1.84. The van der Waals surface area contributed by atoms with Crippen molar-refractivity contribution in [2.75, 3.05) is 26.3 Å². The molecule has 92 valence electrons. The van der Waals surface area contributed by atoms with E-state index in [0.29, 0.717) is 19.0 Å². The number of hydrogen-bond acceptors (Lipinski definition) is 5. The van der Waals surface area contributed by atoms with Crippen LogP contribution in [0.25, 0.3) is 0 Å². The van der Waals surface area contributed by atoms with E-state index >= 15 is 0 Å². The van der Waals surface area contributed by atoms with Crippen molar-refractivity contribution in [3.63, 3.8) is 0 Å². The van der Waals surface area contributed by atoms with Gasteiger partial charge in [-0.25, -0.2) is 0 Å². The minimum absolute atomic E-state index is 0.0407. The van der Waals surface area contributed by atoms with Gasteiger partial charge in [-0.1, -0.05) is 0 Å². The molecule has 1 N–H and O–H groups in total. The number of rotatable bonds is 4. The second kappa shape index (κ2) is 5.60. The molecule has 0 saturated carbocycles. The van der Waals surface area contributed by atoms with Gasteiger partial charge < -0.3 is 14.8 Å². The van der Waals surface area contributed by atoms with Gasteiger partial charge in [0, 0.05) is 25.2 Å². The number of morpholine rings is 1. The van der Waals surface area contributed by atoms with Crippen LogP contribution in [0.3, 0.4) is 0 Å². The van der Waals surface area contributed by atoms with Crippen molar-refractivity contribution in [3.8, 4) is 5.75 Å². The molecule has 2 rings (SSSR count). The first-order chi connectivity index (χ1) is 8.25. The van der Waals surface area contributed by atoms with Crippen LogP contribution in [0.5, 0.6) is 5.75 Å². The number of benzene rings is 1. The molecule has 1 heterocycles. The predicted molar refractivity (Wildman–Crippen MR) is 61.2 cm³/mol. The summed E-state index contributed by atoms with van der Waals surface area (Å²) in [7, 11) is 0. The molecule has 0 amide bonds. The summed E-state index contributed by atoms with van der Waals surface area (Å²) in [6.07, 6.45) is 0.0407. The quantitative estimate of drug-likeness (QED) is 0.624. The summed E-state index contributed by atoms with van der Waals surface area (Å²) in [6, 6.07) is 6.04. The standard InChI is InChI=1S/C11H14N2O4/c14-13(15)9-1-3-10(4-2-9)17-8-11-7-12-5-6-16-11/h1-4,11-12H,5-8H2/t11-/m0/s1. The van der Waals surface area contributed by atoms with E-state index in [1.165, 1.54) is 12.1 Å². The third kappa shape index (κ3) is 3.40. The number of hydrogen-bond donors (Lipinski definition) is 1. The van der Waals surface area contributed by atoms with Crippen molar-refractivity contribution >= 4 is 5.69 Å². The van der Waals surface area contributed by atoms with Gasteiger partial charge in [-0.2, -0.15) is 0 Å². The summed E-state index contributed by atoms with van der Waals surface area (Å²) in [6.45, 7) is 2.78. The lowest BCUT2D eigenvalue weighted by Crippen LogP contribution is -2.41. The van der Waals surface area contributed by atoms with Gasteiger partial charge in [-0.05, 0) is 12.1 Å². The van der Waals surface area contributed by atoms with Gasteiger partial charge in [0.05, 0.1) is 11.5 Å². The molecular formula is C11H14N2O4. The average molecular weight is 238 g/mol. The Morgan fingerprint density at radius 1 is 1.47 bits per heavy atom. The molecule has 1 aliphatic rings. The lowest BCUT2D eigenvalue weighted by atomic mass is 10.3. The van der Waals surface area contributed by atoms with Crippen LogP contribution < -0.4 is 10.1 Å². The van der Waals surface area contributed by atoms with Gasteiger partial charge in [0.15, 0.2) is 0 Å². The molecule has 1 fully saturated rings. The summed E-state index contributed by atoms with van der Waals surface area (Å²) >= 11 is 0. The van der Waals surface area contributed by atoms with E-state index in [1.807, 2.05) is 0 Å². The van der Waals surface area contributed by atoms with Crippen LogP contribution in [0.4, 0.5) is 5.69 Å². The second-order valence-electron chi connectivity index (χ2n) is 3.76. The molecule has 0 spiro atoms. The van der Waals surface area contributed by atoms with Crippen LogP contribution in [-0.4, -0.2) is 37.3 Å². The minimum atomic E-state index is -0.433. The van der Waals surface area contributed by atoms with Crippen molar-refractivity contribution in [1.82, 2.24) is 5.32 Å². The van der Waals surface area contributed by atoms with Crippen LogP contribution in [0, 0.1) is 10.1 Å². The molecule has 1 aromatic carbocycles. The molecule has 0 aliphatic carbocycles. The van der Waals surface area contributed by atoms with E-state index in [1.54, 1.807) is 12.1 Å². The fraction of sp³-hybridized carbons (Fsp3) is 0.455. The maximum atomic E-state index is 10.5. The maximum Gasteiger partial charge on any atom is 0.269 e. The van der Waals surface area contributed by atoms with Crippen molar-refractivity contribution in [3.05, 3.63) is 34.4 Å². The Morgan fingerprint density at radius 3 is 2.82 bits per heavy atom. The molecule has 1 atom stereocenters. The van der Waals surface area contributed by atoms with Crippen molar-refractivity contribution < 1.29 is 14.4 Å². The molecule has 6 nitrogen and oxygen atoms in total. The summed E-state index contributed by atoms with van der Waals surface area (Å²) in [4.78, 5) is 10.0. The number of nitro groups is 1. The van der Waals surface area contributed by atoms with Crippen LogP contribution in [0.1, 0.15) is 0 Å². The molecular weight excluding hydrogens is 224 g/mol. The molecule has 17 heavy (non-hydrogen) atoms. The lowest BCUT2D eigenvalue weighted by molar-refractivity contribution is -0.384. The predicted octanol–water partition coefficient (Wildman–Crippen LogP) is 0.962. The highest BCUT2D eigenvalue weighted by molar-refractivity contribution is 5.35. The maximum absolute atomic E-state index is 10.5. The van der Waals surface area contributed by atoms with E-state index in [4.69, 9.17) is 9.47 Å². The SMILES string of the molecule is O=[N+]([O-])c1ccc(OC[C@@H]2CNCCO2)cc1. The van der Waals surface area contributed by atoms with Gasteiger partial charge in [-0.15, -0.1) is 0 Å². The minimum Gasteiger partial charge on any atom is -0.491 e. The Kier molecular flexibility index (Phi) is 3.89. The van der Waals surface area contributed by atoms with Crippen LogP contribution in [0.15, 0.2) is 24.3 Å². The molecule has 1 saturated heterocycles. The van der Waals surface area contributed by atoms with Crippen LogP contribution in [-0.2, 0) is 4.74 Å². The van der Waals surface area contributed by atoms with Gasteiger partial charge in [0.1, 0.15) is 18.5 Å². The van der Waals surface area contributed by atoms with Crippen LogP contribution >= 0.6 is 0 Å². The van der Waals surface area contributed by atoms with E-state index in [-0.39, 0.29) is 11.8 Å². The number of ether oxygens (including phenoxy) is 2. The number of non-ortho nitro benzene ring substituents is 1. The van der Waals surface area contributed by atoms with Crippen molar-refractivity contribution in [1.29, 1.82) is 0 Å². The van der Waals surface area contributed by atoms with Gasteiger partial charge in [0.25, 0.3) is 5.69 Å². The van der Waals surface area contributed by atoms with E-state index in [0.717, 1.165) is 13.1 Å². The zero-order valence-electron chi connectivity index (χ0n) is 9.30. The number of nitrogens with one attached hydrogen (secondary N) is 1. The molecule has 0 unspecified atom stereocenters. The highest BCUT2D eigenvalue weighted by atomic mass is 16.6. The van der Waals surface area contributed by atoms with E-state index in [9.17, 15) is 10.1 Å². The Bertz CT molecular complexity index is 374. The van der Waals surface area contributed by atoms with Gasteiger partial charge >= 0.3 is 0 Å². The summed E-state index contributed by atoms with van der Waals surface area (Å²) < 4.78 is 11.0. The zero-order valence-corrected chi connectivity index (χ0v) is 9.30. The monoisotopic (exact) mass is 238 g/mol. The normalized spacial score (nSPS) is 19.9. The summed E-state index contributed by atoms with van der Waals surface area (Å²) in [5, 5.41) is 13.7. The molecule has 0 radical (unpaired) electrons. The first-order valence-electron chi connectivity index (χ1n) is 5.45. The fourth-order valence-electron chi connectivity index (χ4n) is 1.58. The Hall–Kier alpha value is -1.66. The number of nitro benzene ring substituents is 1. The Labute approximate surface area is 98.7 Å². The summed E-state index contributed by atoms with van der Waals surface area (Å²) in [5.41, 5.74) is 0.0629. The van der Waals surface area contributed by atoms with Crippen molar-refractivity contribution in [2.24, 2.45) is 0 Å². The van der Waals surface area contributed by atoms with Gasteiger partial charge in [0.2, 0.25) is 0 Å². The fourth-order valence-corrected chi connectivity index (χ4v) is 1.58. The zero-order chi connectivity index (χ0) is 12.1. The largest absolute Gasteiger partial charge is 0.491 e. The Morgan fingerprint density at radius 2 is 2.24 bits per heavy atom. The molecule has 0 aromatic heterocycles. The van der Waals surface area contributed by atoms with Crippen molar-refractivity contribution in [2.45, 2.75) is 6.10 Å². The molecule has 6 heteroatoms. The summed E-state index contributed by atoms with van der Waals surface area (Å²) in [5.74, 6) is 0.616. The molecule has 1 aromatic rings. The number of nitrogens with zero attached hydrogens (tertiary/aromatic N) is 1. The molecule has 0 bridgehead atoms. The average Bonchev–Trinajstić information content (AvgIpc) is 2.38. The highest BCUT2D eigenvalue weighted by Gasteiger charge is 2.14. The van der Waals surface area contributed by atoms with Gasteiger partial charge in [-0.3, -0.25) is 10.1 Å². The third-order valence-corrected chi connectivity index (χ3v) is 2.49.